The van der Waals surface area contributed by atoms with Crippen LogP contribution in [0.3, 0.4) is 0 Å². The van der Waals surface area contributed by atoms with Gasteiger partial charge in [-0.15, -0.1) is 0 Å². The fourth-order valence-electron chi connectivity index (χ4n) is 3.43. The van der Waals surface area contributed by atoms with Crippen LogP contribution in [0.2, 0.25) is 0 Å². The maximum absolute atomic E-state index is 12.6. The lowest BCUT2D eigenvalue weighted by Gasteiger charge is -2.21. The molecule has 0 aromatic heterocycles. The third-order valence-corrected chi connectivity index (χ3v) is 5.05. The van der Waals surface area contributed by atoms with Gasteiger partial charge in [0.25, 0.3) is 5.91 Å². The summed E-state index contributed by atoms with van der Waals surface area (Å²) in [6.07, 6.45) is -0.223. The van der Waals surface area contributed by atoms with Crippen molar-refractivity contribution in [2.24, 2.45) is 5.92 Å². The number of Topliss-reactive ketones (excluding diaryl/α,β-unsaturated/α-hetero) is 1. The number of hydrogen-bond donors (Lipinski definition) is 2. The van der Waals surface area contributed by atoms with Gasteiger partial charge in [0.1, 0.15) is 12.6 Å². The van der Waals surface area contributed by atoms with Crippen LogP contribution in [-0.2, 0) is 36.9 Å². The number of nitrogens with one attached hydrogen (secondary N) is 2. The van der Waals surface area contributed by atoms with Crippen LogP contribution in [0.5, 0.6) is 0 Å². The van der Waals surface area contributed by atoms with E-state index >= 15 is 0 Å². The lowest BCUT2D eigenvalue weighted by molar-refractivity contribution is -0.146. The van der Waals surface area contributed by atoms with Gasteiger partial charge in [0.15, 0.2) is 0 Å². The second-order valence-corrected chi connectivity index (χ2v) is 8.40. The second kappa shape index (κ2) is 13.8. The van der Waals surface area contributed by atoms with Crippen molar-refractivity contribution < 1.29 is 28.7 Å². The van der Waals surface area contributed by atoms with Gasteiger partial charge in [-0.3, -0.25) is 9.59 Å². The first-order chi connectivity index (χ1) is 16.3. The largest absolute Gasteiger partial charge is 0.467 e. The van der Waals surface area contributed by atoms with Crippen LogP contribution in [-0.4, -0.2) is 42.9 Å². The molecule has 0 heterocycles. The quantitative estimate of drug-likeness (QED) is 0.366. The van der Waals surface area contributed by atoms with Crippen LogP contribution >= 0.6 is 0 Å². The van der Waals surface area contributed by atoms with E-state index in [9.17, 15) is 19.2 Å². The number of ether oxygens (including phenoxy) is 2. The molecule has 8 nitrogen and oxygen atoms in total. The zero-order valence-corrected chi connectivity index (χ0v) is 19.8. The lowest BCUT2D eigenvalue weighted by atomic mass is 9.98. The molecule has 182 valence electrons. The minimum absolute atomic E-state index is 0.0931. The van der Waals surface area contributed by atoms with E-state index in [0.29, 0.717) is 6.42 Å². The summed E-state index contributed by atoms with van der Waals surface area (Å²) >= 11 is 0. The van der Waals surface area contributed by atoms with Crippen molar-refractivity contribution in [1.82, 2.24) is 10.6 Å². The van der Waals surface area contributed by atoms with Crippen LogP contribution in [0.4, 0.5) is 4.79 Å². The van der Waals surface area contributed by atoms with Gasteiger partial charge < -0.3 is 20.1 Å². The summed E-state index contributed by atoms with van der Waals surface area (Å²) in [6.45, 7) is 3.99. The number of methoxy groups -OCH3 is 1. The Labute approximate surface area is 200 Å². The molecule has 1 unspecified atom stereocenters. The Morgan fingerprint density at radius 1 is 0.853 bits per heavy atom. The Morgan fingerprint density at radius 3 is 2.00 bits per heavy atom. The van der Waals surface area contributed by atoms with Gasteiger partial charge in [-0.05, 0) is 23.5 Å². The molecule has 0 radical (unpaired) electrons. The van der Waals surface area contributed by atoms with E-state index in [4.69, 9.17) is 9.47 Å². The molecule has 0 aliphatic carbocycles. The molecule has 34 heavy (non-hydrogen) atoms. The molecule has 2 rings (SSSR count). The van der Waals surface area contributed by atoms with E-state index < -0.39 is 35.8 Å². The summed E-state index contributed by atoms with van der Waals surface area (Å²) < 4.78 is 10.0. The molecule has 0 spiro atoms. The second-order valence-electron chi connectivity index (χ2n) is 8.40. The molecule has 0 fully saturated rings. The van der Waals surface area contributed by atoms with Crippen molar-refractivity contribution in [2.75, 3.05) is 7.11 Å². The molecule has 0 aliphatic rings. The number of amides is 2. The fraction of sp³-hybridized carbons (Fsp3) is 0.385. The molecule has 0 aliphatic heterocycles. The van der Waals surface area contributed by atoms with Crippen molar-refractivity contribution in [3.63, 3.8) is 0 Å². The topological polar surface area (TPSA) is 111 Å². The average molecular weight is 469 g/mol. The van der Waals surface area contributed by atoms with Crippen LogP contribution in [0, 0.1) is 5.92 Å². The number of alkyl carbamates (subject to hydrolysis) is 1. The van der Waals surface area contributed by atoms with Gasteiger partial charge >= 0.3 is 12.1 Å². The van der Waals surface area contributed by atoms with Gasteiger partial charge in [-0.25, -0.2) is 9.59 Å². The Kier molecular flexibility index (Phi) is 10.8. The fourth-order valence-corrected chi connectivity index (χ4v) is 3.43. The first-order valence-electron chi connectivity index (χ1n) is 11.2. The third kappa shape index (κ3) is 9.44. The monoisotopic (exact) mass is 468 g/mol. The summed E-state index contributed by atoms with van der Waals surface area (Å²) in [5.41, 5.74) is 1.65. The van der Waals surface area contributed by atoms with Crippen molar-refractivity contribution in [3.05, 3.63) is 71.8 Å². The number of esters is 1. The highest BCUT2D eigenvalue weighted by molar-refractivity contribution is 6.36. The summed E-state index contributed by atoms with van der Waals surface area (Å²) in [4.78, 5) is 49.6. The minimum Gasteiger partial charge on any atom is -0.467 e. The molecule has 2 N–H and O–H groups in total. The predicted molar refractivity (Wildman–Crippen MR) is 127 cm³/mol. The van der Waals surface area contributed by atoms with Crippen molar-refractivity contribution in [1.29, 1.82) is 0 Å². The molecule has 2 aromatic carbocycles. The van der Waals surface area contributed by atoms with E-state index in [-0.39, 0.29) is 25.4 Å². The summed E-state index contributed by atoms with van der Waals surface area (Å²) in [7, 11) is 1.22. The highest BCUT2D eigenvalue weighted by Gasteiger charge is 2.27. The molecule has 0 saturated carbocycles. The molecule has 2 aromatic rings. The number of ketones is 1. The molecule has 2 amide bonds. The van der Waals surface area contributed by atoms with Gasteiger partial charge in [0.2, 0.25) is 5.78 Å². The Morgan fingerprint density at radius 2 is 1.44 bits per heavy atom. The number of rotatable bonds is 12. The number of benzene rings is 2. The summed E-state index contributed by atoms with van der Waals surface area (Å²) in [5, 5.41) is 5.15. The standard InChI is InChI=1S/C26H32N2O6/c1-18(2)14-21(27-26(32)34-17-20-12-8-5-9-13-20)16-23(29)24(30)28-22(25(31)33-3)15-19-10-6-4-7-11-19/h4-13,18,21-22H,14-17H2,1-3H3,(H,27,32)(H,28,30)/t21?,22-/m0/s1. The van der Waals surface area contributed by atoms with Gasteiger partial charge in [0.05, 0.1) is 7.11 Å². The number of hydrogen-bond acceptors (Lipinski definition) is 6. The van der Waals surface area contributed by atoms with Crippen molar-refractivity contribution in [3.8, 4) is 0 Å². The van der Waals surface area contributed by atoms with Gasteiger partial charge in [0, 0.05) is 18.9 Å². The molecule has 8 heteroatoms. The molecule has 0 bridgehead atoms. The zero-order valence-electron chi connectivity index (χ0n) is 19.8. The predicted octanol–water partition coefficient (Wildman–Crippen LogP) is 3.19. The van der Waals surface area contributed by atoms with E-state index in [0.717, 1.165) is 11.1 Å². The van der Waals surface area contributed by atoms with Crippen LogP contribution in [0.15, 0.2) is 60.7 Å². The number of carbonyl (C=O) groups is 4. The molecule has 0 saturated heterocycles. The maximum atomic E-state index is 12.6. The summed E-state index contributed by atoms with van der Waals surface area (Å²) in [5.74, 6) is -2.13. The minimum atomic E-state index is -1.00. The summed E-state index contributed by atoms with van der Waals surface area (Å²) in [6, 6.07) is 16.7. The Bertz CT molecular complexity index is 946. The van der Waals surface area contributed by atoms with Gasteiger partial charge in [-0.1, -0.05) is 74.5 Å². The van der Waals surface area contributed by atoms with E-state index in [1.165, 1.54) is 7.11 Å². The average Bonchev–Trinajstić information content (AvgIpc) is 2.82. The molecular weight excluding hydrogens is 436 g/mol. The first-order valence-corrected chi connectivity index (χ1v) is 11.2. The van der Waals surface area contributed by atoms with Crippen LogP contribution in [0.1, 0.15) is 37.8 Å². The van der Waals surface area contributed by atoms with Gasteiger partial charge in [-0.2, -0.15) is 0 Å². The van der Waals surface area contributed by atoms with Crippen molar-refractivity contribution in [2.45, 2.75) is 51.8 Å². The molecule has 2 atom stereocenters. The SMILES string of the molecule is COC(=O)[C@H](Cc1ccccc1)NC(=O)C(=O)CC(CC(C)C)NC(=O)OCc1ccccc1. The van der Waals surface area contributed by atoms with Crippen LogP contribution in [0.25, 0.3) is 0 Å². The maximum Gasteiger partial charge on any atom is 0.407 e. The zero-order chi connectivity index (χ0) is 24.9. The smallest absolute Gasteiger partial charge is 0.407 e. The van der Waals surface area contributed by atoms with Crippen molar-refractivity contribution >= 4 is 23.8 Å². The van der Waals surface area contributed by atoms with E-state index in [1.54, 1.807) is 0 Å². The van der Waals surface area contributed by atoms with E-state index in [1.807, 2.05) is 74.5 Å². The highest BCUT2D eigenvalue weighted by atomic mass is 16.5. The highest BCUT2D eigenvalue weighted by Crippen LogP contribution is 2.11. The normalized spacial score (nSPS) is 12.4. The first kappa shape index (κ1) is 26.6. The van der Waals surface area contributed by atoms with Crippen LogP contribution < -0.4 is 10.6 Å². The Hall–Kier alpha value is -3.68. The molecular formula is C26H32N2O6. The third-order valence-electron chi connectivity index (χ3n) is 5.05. The Balaban J connectivity index is 1.95. The lowest BCUT2D eigenvalue weighted by Crippen LogP contribution is -2.47. The van der Waals surface area contributed by atoms with E-state index in [2.05, 4.69) is 10.6 Å². The number of carbonyl (C=O) groups excluding carboxylic acids is 4.